The number of hydrogen-bond acceptors (Lipinski definition) is 8. The number of aromatic nitrogens is 2. The lowest BCUT2D eigenvalue weighted by atomic mass is 10.0. The fourth-order valence-electron chi connectivity index (χ4n) is 4.18. The summed E-state index contributed by atoms with van der Waals surface area (Å²) >= 11 is 8.02. The largest absolute Gasteiger partial charge is 0.495 e. The van der Waals surface area contributed by atoms with Crippen molar-refractivity contribution in [1.82, 2.24) is 14.1 Å². The molecule has 10 heteroatoms. The van der Waals surface area contributed by atoms with Gasteiger partial charge >= 0.3 is 0 Å². The number of ether oxygens (including phenoxy) is 2. The highest BCUT2D eigenvalue weighted by atomic mass is 35.5. The number of anilines is 1. The third-order valence-corrected chi connectivity index (χ3v) is 7.59. The Morgan fingerprint density at radius 1 is 1.36 bits per heavy atom. The van der Waals surface area contributed by atoms with Gasteiger partial charge in [-0.15, -0.1) is 0 Å². The number of nitriles is 1. The second-order valence-electron chi connectivity index (χ2n) is 8.31. The van der Waals surface area contributed by atoms with Crippen molar-refractivity contribution < 1.29 is 9.47 Å². The van der Waals surface area contributed by atoms with E-state index in [1.807, 2.05) is 6.07 Å². The van der Waals surface area contributed by atoms with E-state index in [0.29, 0.717) is 22.9 Å². The molecule has 0 spiro atoms. The Hall–Kier alpha value is -2.25. The number of rotatable bonds is 7. The van der Waals surface area contributed by atoms with Crippen molar-refractivity contribution in [2.75, 3.05) is 45.3 Å². The molecule has 1 aromatic heterocycles. The van der Waals surface area contributed by atoms with Crippen LogP contribution in [0.5, 0.6) is 5.75 Å². The fraction of sp³-hybridized carbons (Fsp3) is 0.522. The summed E-state index contributed by atoms with van der Waals surface area (Å²) in [5.74, 6) is 1.11. The van der Waals surface area contributed by atoms with Crippen LogP contribution in [-0.2, 0) is 4.74 Å². The number of piperidine rings is 1. The molecule has 33 heavy (non-hydrogen) atoms. The number of benzene rings is 1. The molecule has 2 aliphatic heterocycles. The summed E-state index contributed by atoms with van der Waals surface area (Å²) in [4.78, 5) is 13.9. The molecule has 2 saturated heterocycles. The molecule has 8 nitrogen and oxygen atoms in total. The van der Waals surface area contributed by atoms with Gasteiger partial charge in [0.05, 0.1) is 48.2 Å². The van der Waals surface area contributed by atoms with E-state index >= 15 is 0 Å². The van der Waals surface area contributed by atoms with Gasteiger partial charge in [-0.1, -0.05) is 11.6 Å². The molecule has 2 aliphatic rings. The van der Waals surface area contributed by atoms with Gasteiger partial charge in [-0.05, 0) is 61.7 Å². The Morgan fingerprint density at radius 3 is 2.88 bits per heavy atom. The molecule has 0 saturated carbocycles. The lowest BCUT2D eigenvalue weighted by Gasteiger charge is -2.31. The van der Waals surface area contributed by atoms with Crippen LogP contribution in [-0.4, -0.2) is 54.0 Å². The van der Waals surface area contributed by atoms with Crippen LogP contribution in [0.2, 0.25) is 5.02 Å². The highest BCUT2D eigenvalue weighted by molar-refractivity contribution is 7.97. The van der Waals surface area contributed by atoms with Crippen molar-refractivity contribution >= 4 is 29.2 Å². The van der Waals surface area contributed by atoms with Crippen LogP contribution in [0.1, 0.15) is 37.3 Å². The first-order valence-corrected chi connectivity index (χ1v) is 12.3. The van der Waals surface area contributed by atoms with Gasteiger partial charge in [-0.3, -0.25) is 4.79 Å². The first-order chi connectivity index (χ1) is 16.1. The quantitative estimate of drug-likeness (QED) is 0.584. The SMILES string of the molecule is COc1cc(C#N)ccc1SN1CCC(n2ncc(NCC3CCCOC3)c(Cl)c2=O)CC1. The number of hydrogen-bond donors (Lipinski definition) is 1. The van der Waals surface area contributed by atoms with Crippen molar-refractivity contribution in [3.63, 3.8) is 0 Å². The molecule has 0 aliphatic carbocycles. The van der Waals surface area contributed by atoms with Gasteiger partial charge in [-0.25, -0.2) is 8.99 Å². The zero-order chi connectivity index (χ0) is 23.2. The molecule has 1 unspecified atom stereocenters. The molecule has 0 amide bonds. The maximum atomic E-state index is 12.9. The first-order valence-electron chi connectivity index (χ1n) is 11.2. The predicted molar refractivity (Wildman–Crippen MR) is 129 cm³/mol. The molecule has 3 heterocycles. The molecule has 1 atom stereocenters. The Morgan fingerprint density at radius 2 is 2.18 bits per heavy atom. The summed E-state index contributed by atoms with van der Waals surface area (Å²) < 4.78 is 14.7. The average Bonchev–Trinajstić information content (AvgIpc) is 2.86. The number of nitrogens with one attached hydrogen (secondary N) is 1. The van der Waals surface area contributed by atoms with Crippen LogP contribution < -0.4 is 15.6 Å². The zero-order valence-corrected chi connectivity index (χ0v) is 20.2. The van der Waals surface area contributed by atoms with Crippen LogP contribution in [0, 0.1) is 17.2 Å². The van der Waals surface area contributed by atoms with E-state index in [-0.39, 0.29) is 16.6 Å². The Bertz CT molecular complexity index is 1060. The molecule has 0 radical (unpaired) electrons. The molecule has 0 bridgehead atoms. The van der Waals surface area contributed by atoms with Crippen molar-refractivity contribution in [3.05, 3.63) is 45.3 Å². The second kappa shape index (κ2) is 11.3. The molecule has 4 rings (SSSR count). The van der Waals surface area contributed by atoms with Gasteiger partial charge in [0.2, 0.25) is 0 Å². The smallest absolute Gasteiger partial charge is 0.287 e. The molecule has 2 aromatic rings. The summed E-state index contributed by atoms with van der Waals surface area (Å²) in [6.07, 6.45) is 5.42. The lowest BCUT2D eigenvalue weighted by molar-refractivity contribution is 0.0595. The van der Waals surface area contributed by atoms with Crippen LogP contribution in [0.25, 0.3) is 0 Å². The predicted octanol–water partition coefficient (Wildman–Crippen LogP) is 3.96. The van der Waals surface area contributed by atoms with E-state index in [9.17, 15) is 4.79 Å². The summed E-state index contributed by atoms with van der Waals surface area (Å²) in [7, 11) is 1.61. The van der Waals surface area contributed by atoms with Crippen molar-refractivity contribution in [1.29, 1.82) is 5.26 Å². The van der Waals surface area contributed by atoms with Crippen LogP contribution in [0.4, 0.5) is 5.69 Å². The molecular formula is C23H28ClN5O3S. The summed E-state index contributed by atoms with van der Waals surface area (Å²) in [5, 5.41) is 17.0. The van der Waals surface area contributed by atoms with E-state index in [2.05, 4.69) is 20.8 Å². The Kier molecular flexibility index (Phi) is 8.15. The van der Waals surface area contributed by atoms with E-state index in [0.717, 1.165) is 63.4 Å². The van der Waals surface area contributed by atoms with E-state index < -0.39 is 0 Å². The minimum absolute atomic E-state index is 0.00973. The third kappa shape index (κ3) is 5.82. The Balaban J connectivity index is 1.35. The molecule has 176 valence electrons. The van der Waals surface area contributed by atoms with Gasteiger partial charge in [0.1, 0.15) is 10.8 Å². The number of methoxy groups -OCH3 is 1. The van der Waals surface area contributed by atoms with Crippen LogP contribution in [0.15, 0.2) is 34.1 Å². The van der Waals surface area contributed by atoms with Gasteiger partial charge < -0.3 is 14.8 Å². The minimum atomic E-state index is -0.249. The highest BCUT2D eigenvalue weighted by Crippen LogP contribution is 2.35. The van der Waals surface area contributed by atoms with Crippen molar-refractivity contribution in [3.8, 4) is 11.8 Å². The Labute approximate surface area is 202 Å². The first kappa shape index (κ1) is 23.9. The van der Waals surface area contributed by atoms with Gasteiger partial charge in [0, 0.05) is 26.2 Å². The molecular weight excluding hydrogens is 462 g/mol. The van der Waals surface area contributed by atoms with Crippen molar-refractivity contribution in [2.24, 2.45) is 5.92 Å². The van der Waals surface area contributed by atoms with E-state index in [1.54, 1.807) is 37.4 Å². The standard InChI is InChI=1S/C23H28ClN5O3S/c1-31-20-11-16(12-25)4-5-21(20)33-28-8-6-18(7-9-28)29-23(30)22(24)19(14-27-29)26-13-17-3-2-10-32-15-17/h4-5,11,14,17-18,26H,2-3,6-10,13,15H2,1H3. The minimum Gasteiger partial charge on any atom is -0.495 e. The summed E-state index contributed by atoms with van der Waals surface area (Å²) in [5.41, 5.74) is 0.910. The molecule has 1 N–H and O–H groups in total. The maximum Gasteiger partial charge on any atom is 0.287 e. The normalized spacial score (nSPS) is 19.7. The summed E-state index contributed by atoms with van der Waals surface area (Å²) in [6.45, 7) is 3.88. The van der Waals surface area contributed by atoms with Gasteiger partial charge in [0.15, 0.2) is 0 Å². The van der Waals surface area contributed by atoms with E-state index in [4.69, 9.17) is 26.3 Å². The highest BCUT2D eigenvalue weighted by Gasteiger charge is 2.25. The molecule has 1 aromatic carbocycles. The topological polar surface area (TPSA) is 92.4 Å². The van der Waals surface area contributed by atoms with E-state index in [1.165, 1.54) is 4.68 Å². The maximum absolute atomic E-state index is 12.9. The van der Waals surface area contributed by atoms with Gasteiger partial charge in [-0.2, -0.15) is 10.4 Å². The third-order valence-electron chi connectivity index (χ3n) is 6.07. The summed E-state index contributed by atoms with van der Waals surface area (Å²) in [6, 6.07) is 7.59. The monoisotopic (exact) mass is 489 g/mol. The zero-order valence-electron chi connectivity index (χ0n) is 18.6. The fourth-order valence-corrected chi connectivity index (χ4v) is 5.42. The molecule has 2 fully saturated rings. The van der Waals surface area contributed by atoms with Crippen LogP contribution in [0.3, 0.4) is 0 Å². The van der Waals surface area contributed by atoms with Crippen LogP contribution >= 0.6 is 23.5 Å². The number of halogens is 1. The lowest BCUT2D eigenvalue weighted by Crippen LogP contribution is -2.36. The average molecular weight is 490 g/mol. The van der Waals surface area contributed by atoms with Crippen molar-refractivity contribution in [2.45, 2.75) is 36.6 Å². The number of nitrogens with zero attached hydrogens (tertiary/aromatic N) is 4. The van der Waals surface area contributed by atoms with Gasteiger partial charge in [0.25, 0.3) is 5.56 Å². The second-order valence-corrected chi connectivity index (χ2v) is 9.83.